The van der Waals surface area contributed by atoms with Crippen LogP contribution < -0.4 is 0 Å². The van der Waals surface area contributed by atoms with Crippen molar-refractivity contribution < 1.29 is 9.84 Å². The lowest BCUT2D eigenvalue weighted by atomic mass is 9.44. The molecule has 3 heteroatoms. The number of hydrogen-bond donors (Lipinski definition) is 1. The molecule has 4 aliphatic carbocycles. The molecule has 4 fully saturated rings. The van der Waals surface area contributed by atoms with Gasteiger partial charge < -0.3 is 9.84 Å². The molecule has 0 saturated heterocycles. The minimum Gasteiger partial charge on any atom is -0.393 e. The highest BCUT2D eigenvalue weighted by molar-refractivity contribution is 5.14. The quantitative estimate of drug-likeness (QED) is 0.799. The predicted octanol–water partition coefficient (Wildman–Crippen LogP) is 4.54. The van der Waals surface area contributed by atoms with Crippen molar-refractivity contribution in [3.8, 4) is 6.07 Å². The summed E-state index contributed by atoms with van der Waals surface area (Å²) in [7, 11) is 0. The average Bonchev–Trinajstić information content (AvgIpc) is 2.89. The Balaban J connectivity index is 1.65. The molecule has 9 atom stereocenters. The van der Waals surface area contributed by atoms with Crippen LogP contribution in [0.1, 0.15) is 72.1 Å². The predicted molar refractivity (Wildman–Crippen MR) is 97.6 cm³/mol. The van der Waals surface area contributed by atoms with E-state index in [0.29, 0.717) is 23.9 Å². The fraction of sp³-hybridized carbons (Fsp3) is 0.955. The van der Waals surface area contributed by atoms with Crippen molar-refractivity contribution in [2.24, 2.45) is 40.4 Å². The van der Waals surface area contributed by atoms with Crippen molar-refractivity contribution >= 4 is 0 Å². The van der Waals surface area contributed by atoms with Crippen molar-refractivity contribution in [3.05, 3.63) is 0 Å². The second kappa shape index (κ2) is 6.24. The number of aliphatic hydroxyl groups is 1. The molecule has 0 spiro atoms. The van der Waals surface area contributed by atoms with Crippen molar-refractivity contribution in [2.75, 3.05) is 6.61 Å². The van der Waals surface area contributed by atoms with Crippen LogP contribution in [0, 0.1) is 51.8 Å². The van der Waals surface area contributed by atoms with Gasteiger partial charge in [0.05, 0.1) is 24.2 Å². The summed E-state index contributed by atoms with van der Waals surface area (Å²) in [5, 5.41) is 20.9. The summed E-state index contributed by atoms with van der Waals surface area (Å²) in [6, 6.07) is 2.58. The van der Waals surface area contributed by atoms with Crippen LogP contribution in [-0.2, 0) is 4.74 Å². The lowest BCUT2D eigenvalue weighted by Gasteiger charge is -2.62. The molecule has 0 radical (unpaired) electrons. The largest absolute Gasteiger partial charge is 0.393 e. The molecule has 25 heavy (non-hydrogen) atoms. The molecule has 4 aliphatic rings. The Kier molecular flexibility index (Phi) is 4.44. The summed E-state index contributed by atoms with van der Waals surface area (Å²) < 4.78 is 6.03. The van der Waals surface area contributed by atoms with Gasteiger partial charge in [0.1, 0.15) is 0 Å². The van der Waals surface area contributed by atoms with Crippen LogP contribution in [0.15, 0.2) is 0 Å². The molecular formula is C22H35NO2. The van der Waals surface area contributed by atoms with Crippen LogP contribution in [0.25, 0.3) is 0 Å². The summed E-state index contributed by atoms with van der Waals surface area (Å²) in [6.45, 7) is 7.66. The van der Waals surface area contributed by atoms with Crippen LogP contribution in [0.5, 0.6) is 0 Å². The first-order chi connectivity index (χ1) is 11.9. The van der Waals surface area contributed by atoms with Crippen LogP contribution in [-0.4, -0.2) is 23.9 Å². The first kappa shape index (κ1) is 17.8. The van der Waals surface area contributed by atoms with Crippen molar-refractivity contribution in [1.82, 2.24) is 0 Å². The number of ether oxygens (including phenoxy) is 1. The minimum absolute atomic E-state index is 0.0342. The lowest BCUT2D eigenvalue weighted by Crippen LogP contribution is -2.59. The van der Waals surface area contributed by atoms with E-state index < -0.39 is 0 Å². The molecule has 0 aromatic carbocycles. The van der Waals surface area contributed by atoms with Gasteiger partial charge in [0, 0.05) is 6.61 Å². The van der Waals surface area contributed by atoms with E-state index in [1.54, 1.807) is 0 Å². The Morgan fingerprint density at radius 3 is 2.52 bits per heavy atom. The SMILES string of the molecule is CCOC1CCC2CCC3C4CCC(C#N)C4(C)CC(O)C3C2(C)C1. The molecule has 4 rings (SSSR count). The highest BCUT2D eigenvalue weighted by Gasteiger charge is 2.63. The Bertz CT molecular complexity index is 557. The molecule has 4 saturated carbocycles. The number of fused-ring (bicyclic) bond motifs is 5. The maximum atomic E-state index is 11.3. The maximum Gasteiger partial charge on any atom is 0.0661 e. The number of nitriles is 1. The van der Waals surface area contributed by atoms with Gasteiger partial charge in [-0.05, 0) is 92.8 Å². The molecule has 9 unspecified atom stereocenters. The number of nitrogens with zero attached hydrogens (tertiary/aromatic N) is 1. The Hall–Kier alpha value is -0.590. The van der Waals surface area contributed by atoms with Gasteiger partial charge in [-0.25, -0.2) is 0 Å². The van der Waals surface area contributed by atoms with Crippen molar-refractivity contribution in [3.63, 3.8) is 0 Å². The van der Waals surface area contributed by atoms with E-state index in [0.717, 1.165) is 31.8 Å². The topological polar surface area (TPSA) is 53.2 Å². The zero-order valence-corrected chi connectivity index (χ0v) is 16.2. The van der Waals surface area contributed by atoms with E-state index in [2.05, 4.69) is 26.8 Å². The summed E-state index contributed by atoms with van der Waals surface area (Å²) >= 11 is 0. The summed E-state index contributed by atoms with van der Waals surface area (Å²) in [6.07, 6.45) is 9.35. The Labute approximate surface area is 153 Å². The fourth-order valence-electron chi connectivity index (χ4n) is 8.03. The minimum atomic E-state index is -0.242. The number of hydrogen-bond acceptors (Lipinski definition) is 3. The lowest BCUT2D eigenvalue weighted by molar-refractivity contribution is -0.181. The van der Waals surface area contributed by atoms with E-state index >= 15 is 0 Å². The van der Waals surface area contributed by atoms with Crippen molar-refractivity contribution in [2.45, 2.75) is 84.3 Å². The summed E-state index contributed by atoms with van der Waals surface area (Å²) in [4.78, 5) is 0. The third-order valence-corrected chi connectivity index (χ3v) is 9.06. The highest BCUT2D eigenvalue weighted by atomic mass is 16.5. The third kappa shape index (κ3) is 2.51. The molecule has 0 heterocycles. The van der Waals surface area contributed by atoms with E-state index in [1.807, 2.05) is 0 Å². The van der Waals surface area contributed by atoms with Crippen LogP contribution >= 0.6 is 0 Å². The van der Waals surface area contributed by atoms with Crippen LogP contribution in [0.3, 0.4) is 0 Å². The van der Waals surface area contributed by atoms with Crippen LogP contribution in [0.4, 0.5) is 0 Å². The van der Waals surface area contributed by atoms with E-state index in [1.165, 1.54) is 32.1 Å². The van der Waals surface area contributed by atoms with Gasteiger partial charge in [-0.15, -0.1) is 0 Å². The Morgan fingerprint density at radius 1 is 1.04 bits per heavy atom. The normalized spacial score (nSPS) is 54.9. The van der Waals surface area contributed by atoms with Gasteiger partial charge in [0.2, 0.25) is 0 Å². The first-order valence-corrected chi connectivity index (χ1v) is 10.6. The van der Waals surface area contributed by atoms with Gasteiger partial charge in [-0.2, -0.15) is 5.26 Å². The fourth-order valence-corrected chi connectivity index (χ4v) is 8.03. The molecule has 0 bridgehead atoms. The number of aliphatic hydroxyl groups excluding tert-OH is 1. The summed E-state index contributed by atoms with van der Waals surface area (Å²) in [5.41, 5.74) is 0.249. The maximum absolute atomic E-state index is 11.3. The first-order valence-electron chi connectivity index (χ1n) is 10.6. The Morgan fingerprint density at radius 2 is 1.80 bits per heavy atom. The zero-order chi connectivity index (χ0) is 17.8. The summed E-state index contributed by atoms with van der Waals surface area (Å²) in [5.74, 6) is 2.54. The molecule has 0 aromatic heterocycles. The third-order valence-electron chi connectivity index (χ3n) is 9.06. The highest BCUT2D eigenvalue weighted by Crippen LogP contribution is 2.67. The van der Waals surface area contributed by atoms with Gasteiger partial charge >= 0.3 is 0 Å². The van der Waals surface area contributed by atoms with E-state index in [4.69, 9.17) is 4.74 Å². The monoisotopic (exact) mass is 345 g/mol. The van der Waals surface area contributed by atoms with Gasteiger partial charge in [-0.1, -0.05) is 13.8 Å². The van der Waals surface area contributed by atoms with Crippen molar-refractivity contribution in [1.29, 1.82) is 5.26 Å². The molecule has 0 aromatic rings. The van der Waals surface area contributed by atoms with E-state index in [-0.39, 0.29) is 22.9 Å². The van der Waals surface area contributed by atoms with Gasteiger partial charge in [0.15, 0.2) is 0 Å². The molecule has 0 aliphatic heterocycles. The molecule has 0 amide bonds. The van der Waals surface area contributed by atoms with Gasteiger partial charge in [-0.3, -0.25) is 0 Å². The second-order valence-electron chi connectivity index (χ2n) is 9.97. The number of rotatable bonds is 2. The molecule has 1 N–H and O–H groups in total. The molecule has 3 nitrogen and oxygen atoms in total. The standard InChI is InChI=1S/C22H35NO2/c1-4-25-16-8-5-14-6-9-17-18-10-7-15(13-23)21(18,2)12-19(24)20(17)22(14,3)11-16/h14-20,24H,4-12H2,1-3H3. The average molecular weight is 346 g/mol. The molecular weight excluding hydrogens is 310 g/mol. The van der Waals surface area contributed by atoms with Crippen LogP contribution in [0.2, 0.25) is 0 Å². The van der Waals surface area contributed by atoms with Gasteiger partial charge in [0.25, 0.3) is 0 Å². The second-order valence-corrected chi connectivity index (χ2v) is 9.97. The smallest absolute Gasteiger partial charge is 0.0661 e. The molecule has 140 valence electrons. The van der Waals surface area contributed by atoms with E-state index in [9.17, 15) is 10.4 Å². The zero-order valence-electron chi connectivity index (χ0n) is 16.2.